The highest BCUT2D eigenvalue weighted by Crippen LogP contribution is 2.21. The number of nitrogens with one attached hydrogen (secondary N) is 1. The minimum atomic E-state index is -3.41. The smallest absolute Gasteiger partial charge is 0.232 e. The number of hydrogen-bond donors (Lipinski definition) is 1. The van der Waals surface area contributed by atoms with E-state index in [4.69, 9.17) is 0 Å². The number of aryl methyl sites for hydroxylation is 2. The van der Waals surface area contributed by atoms with E-state index < -0.39 is 10.0 Å². The molecule has 1 heterocycles. The molecule has 0 atom stereocenters. The van der Waals surface area contributed by atoms with Crippen LogP contribution in [0.1, 0.15) is 29.5 Å². The van der Waals surface area contributed by atoms with Crippen LogP contribution in [-0.2, 0) is 21.4 Å². The molecule has 0 saturated carbocycles. The first-order valence-electron chi connectivity index (χ1n) is 8.48. The lowest BCUT2D eigenvalue weighted by atomic mass is 10.1. The first-order chi connectivity index (χ1) is 12.3. The number of rotatable bonds is 8. The molecule has 0 fully saturated rings. The van der Waals surface area contributed by atoms with Crippen LogP contribution in [0, 0.1) is 13.8 Å². The molecule has 0 aliphatic rings. The fraction of sp³-hybridized carbons (Fsp3) is 0.368. The summed E-state index contributed by atoms with van der Waals surface area (Å²) in [4.78, 5) is 16.0. The van der Waals surface area contributed by atoms with E-state index in [0.717, 1.165) is 16.7 Å². The maximum Gasteiger partial charge on any atom is 0.232 e. The molecule has 2 rings (SSSR count). The Morgan fingerprint density at radius 2 is 1.96 bits per heavy atom. The zero-order chi connectivity index (χ0) is 19.2. The third kappa shape index (κ3) is 5.84. The standard InChI is InChI=1S/C19H25N3O3S/c1-15-8-9-18(12-16(15)2)22(26(3,24)25)11-5-7-19(23)21-14-17-6-4-10-20-13-17/h4,6,8-10,12-13H,5,7,11,14H2,1-3H3,(H,21,23). The Labute approximate surface area is 155 Å². The molecule has 0 unspecified atom stereocenters. The van der Waals surface area contributed by atoms with Gasteiger partial charge in [-0.1, -0.05) is 12.1 Å². The molecule has 1 aromatic heterocycles. The van der Waals surface area contributed by atoms with Gasteiger partial charge in [-0.25, -0.2) is 8.42 Å². The maximum atomic E-state index is 12.1. The maximum absolute atomic E-state index is 12.1. The Kier molecular flexibility index (Phi) is 6.74. The lowest BCUT2D eigenvalue weighted by Crippen LogP contribution is -2.32. The van der Waals surface area contributed by atoms with E-state index in [1.54, 1.807) is 18.5 Å². The van der Waals surface area contributed by atoms with Gasteiger partial charge in [-0.15, -0.1) is 0 Å². The molecule has 0 spiro atoms. The third-order valence-corrected chi connectivity index (χ3v) is 5.35. The molecule has 1 amide bonds. The number of sulfonamides is 1. The van der Waals surface area contributed by atoms with E-state index in [0.29, 0.717) is 18.7 Å². The normalized spacial score (nSPS) is 11.2. The number of benzene rings is 1. The number of hydrogen-bond acceptors (Lipinski definition) is 4. The van der Waals surface area contributed by atoms with Crippen molar-refractivity contribution in [1.29, 1.82) is 0 Å². The predicted octanol–water partition coefficient (Wildman–Crippen LogP) is 2.56. The van der Waals surface area contributed by atoms with E-state index in [1.165, 1.54) is 10.6 Å². The summed E-state index contributed by atoms with van der Waals surface area (Å²) in [5.74, 6) is -0.109. The number of carbonyl (C=O) groups excluding carboxylic acids is 1. The van der Waals surface area contributed by atoms with E-state index in [-0.39, 0.29) is 18.9 Å². The Balaban J connectivity index is 1.91. The summed E-state index contributed by atoms with van der Waals surface area (Å²) in [6, 6.07) is 9.27. The zero-order valence-corrected chi connectivity index (χ0v) is 16.2. The molecule has 26 heavy (non-hydrogen) atoms. The minimum Gasteiger partial charge on any atom is -0.352 e. The first kappa shape index (κ1) is 19.9. The summed E-state index contributed by atoms with van der Waals surface area (Å²) in [6.45, 7) is 4.61. The fourth-order valence-electron chi connectivity index (χ4n) is 2.54. The molecule has 0 bridgehead atoms. The van der Waals surface area contributed by atoms with Crippen molar-refractivity contribution in [3.8, 4) is 0 Å². The number of amides is 1. The van der Waals surface area contributed by atoms with Gasteiger partial charge in [-0.3, -0.25) is 14.1 Å². The van der Waals surface area contributed by atoms with Crippen LogP contribution >= 0.6 is 0 Å². The molecule has 140 valence electrons. The van der Waals surface area contributed by atoms with Crippen LogP contribution in [0.5, 0.6) is 0 Å². The second kappa shape index (κ2) is 8.80. The van der Waals surface area contributed by atoms with Gasteiger partial charge in [0.25, 0.3) is 0 Å². The largest absolute Gasteiger partial charge is 0.352 e. The van der Waals surface area contributed by atoms with E-state index >= 15 is 0 Å². The highest BCUT2D eigenvalue weighted by Gasteiger charge is 2.18. The summed E-state index contributed by atoms with van der Waals surface area (Å²) in [7, 11) is -3.41. The van der Waals surface area contributed by atoms with Gasteiger partial charge in [-0.2, -0.15) is 0 Å². The summed E-state index contributed by atoms with van der Waals surface area (Å²) in [5.41, 5.74) is 3.70. The molecule has 0 aliphatic carbocycles. The van der Waals surface area contributed by atoms with Gasteiger partial charge in [0, 0.05) is 31.9 Å². The minimum absolute atomic E-state index is 0.109. The summed E-state index contributed by atoms with van der Waals surface area (Å²) < 4.78 is 25.6. The van der Waals surface area contributed by atoms with E-state index in [1.807, 2.05) is 38.1 Å². The van der Waals surface area contributed by atoms with Crippen LogP contribution in [0.15, 0.2) is 42.7 Å². The molecule has 0 aliphatic heterocycles. The quantitative estimate of drug-likeness (QED) is 0.769. The van der Waals surface area contributed by atoms with Crippen LogP contribution in [-0.4, -0.2) is 32.1 Å². The molecule has 0 radical (unpaired) electrons. The van der Waals surface area contributed by atoms with Gasteiger partial charge in [0.1, 0.15) is 0 Å². The SMILES string of the molecule is Cc1ccc(N(CCCC(=O)NCc2cccnc2)S(C)(=O)=O)cc1C. The van der Waals surface area contributed by atoms with Gasteiger partial charge in [0.2, 0.25) is 15.9 Å². The van der Waals surface area contributed by atoms with Crippen LogP contribution in [0.2, 0.25) is 0 Å². The molecule has 2 aromatic rings. The zero-order valence-electron chi connectivity index (χ0n) is 15.4. The monoisotopic (exact) mass is 375 g/mol. The number of anilines is 1. The van der Waals surface area contributed by atoms with Crippen LogP contribution in [0.25, 0.3) is 0 Å². The summed E-state index contributed by atoms with van der Waals surface area (Å²) >= 11 is 0. The number of nitrogens with zero attached hydrogens (tertiary/aromatic N) is 2. The van der Waals surface area contributed by atoms with Crippen molar-refractivity contribution in [3.63, 3.8) is 0 Å². The van der Waals surface area contributed by atoms with Crippen molar-refractivity contribution in [1.82, 2.24) is 10.3 Å². The van der Waals surface area contributed by atoms with Gasteiger partial charge in [0.15, 0.2) is 0 Å². The molecule has 1 N–H and O–H groups in total. The lowest BCUT2D eigenvalue weighted by Gasteiger charge is -2.23. The van der Waals surface area contributed by atoms with Crippen LogP contribution in [0.4, 0.5) is 5.69 Å². The second-order valence-corrected chi connectivity index (χ2v) is 8.25. The third-order valence-electron chi connectivity index (χ3n) is 4.16. The number of carbonyl (C=O) groups is 1. The Hall–Kier alpha value is -2.41. The average Bonchev–Trinajstić information content (AvgIpc) is 2.59. The second-order valence-electron chi connectivity index (χ2n) is 6.35. The fourth-order valence-corrected chi connectivity index (χ4v) is 3.50. The highest BCUT2D eigenvalue weighted by molar-refractivity contribution is 7.92. The van der Waals surface area contributed by atoms with Gasteiger partial charge < -0.3 is 5.32 Å². The highest BCUT2D eigenvalue weighted by atomic mass is 32.2. The van der Waals surface area contributed by atoms with E-state index in [2.05, 4.69) is 10.3 Å². The van der Waals surface area contributed by atoms with Gasteiger partial charge >= 0.3 is 0 Å². The Bertz CT molecular complexity index is 852. The van der Waals surface area contributed by atoms with Gasteiger partial charge in [-0.05, 0) is 55.2 Å². The van der Waals surface area contributed by atoms with Crippen molar-refractivity contribution < 1.29 is 13.2 Å². The number of pyridine rings is 1. The molecular weight excluding hydrogens is 350 g/mol. The lowest BCUT2D eigenvalue weighted by molar-refractivity contribution is -0.121. The average molecular weight is 375 g/mol. The van der Waals surface area contributed by atoms with E-state index in [9.17, 15) is 13.2 Å². The Morgan fingerprint density at radius 1 is 1.19 bits per heavy atom. The summed E-state index contributed by atoms with van der Waals surface area (Å²) in [6.07, 6.45) is 5.27. The van der Waals surface area contributed by atoms with Crippen molar-refractivity contribution in [2.75, 3.05) is 17.1 Å². The predicted molar refractivity (Wildman–Crippen MR) is 103 cm³/mol. The van der Waals surface area contributed by atoms with Crippen LogP contribution < -0.4 is 9.62 Å². The molecule has 0 saturated heterocycles. The Morgan fingerprint density at radius 3 is 2.58 bits per heavy atom. The molecule has 7 heteroatoms. The first-order valence-corrected chi connectivity index (χ1v) is 10.3. The molecular formula is C19H25N3O3S. The molecule has 1 aromatic carbocycles. The molecule has 6 nitrogen and oxygen atoms in total. The van der Waals surface area contributed by atoms with Crippen molar-refractivity contribution in [3.05, 3.63) is 59.4 Å². The topological polar surface area (TPSA) is 79.4 Å². The van der Waals surface area contributed by atoms with Crippen molar-refractivity contribution in [2.45, 2.75) is 33.2 Å². The van der Waals surface area contributed by atoms with Crippen molar-refractivity contribution in [2.24, 2.45) is 0 Å². The van der Waals surface area contributed by atoms with Gasteiger partial charge in [0.05, 0.1) is 11.9 Å². The summed E-state index contributed by atoms with van der Waals surface area (Å²) in [5, 5.41) is 2.82. The van der Waals surface area contributed by atoms with Crippen molar-refractivity contribution >= 4 is 21.6 Å². The number of aromatic nitrogens is 1. The van der Waals surface area contributed by atoms with Crippen LogP contribution in [0.3, 0.4) is 0 Å².